The third kappa shape index (κ3) is 3.62. The lowest BCUT2D eigenvalue weighted by atomic mass is 10.1. The number of aliphatic imine (C=N–C) groups is 1. The van der Waals surface area contributed by atoms with Gasteiger partial charge < -0.3 is 4.90 Å². The Morgan fingerprint density at radius 2 is 1.93 bits per heavy atom. The largest absolute Gasteiger partial charge is 0.315 e. The smallest absolute Gasteiger partial charge is 0.164 e. The number of hydrogen-bond donors (Lipinski definition) is 0. The molecule has 4 nitrogen and oxygen atoms in total. The minimum Gasteiger partial charge on any atom is -0.315 e. The fraction of sp³-hybridized carbons (Fsp3) is 0.350. The van der Waals surface area contributed by atoms with Crippen LogP contribution in [0, 0.1) is 19.7 Å². The number of nitrogens with zero attached hydrogens (tertiary/aromatic N) is 2. The summed E-state index contributed by atoms with van der Waals surface area (Å²) in [5.41, 5.74) is 3.90. The van der Waals surface area contributed by atoms with Gasteiger partial charge in [0.25, 0.3) is 0 Å². The first-order valence-corrected chi connectivity index (χ1v) is 11.7. The van der Waals surface area contributed by atoms with Gasteiger partial charge in [-0.1, -0.05) is 36.0 Å². The maximum Gasteiger partial charge on any atom is 0.164 e. The van der Waals surface area contributed by atoms with Gasteiger partial charge in [0.2, 0.25) is 0 Å². The number of amidine groups is 1. The van der Waals surface area contributed by atoms with E-state index in [4.69, 9.17) is 4.99 Å². The van der Waals surface area contributed by atoms with Gasteiger partial charge in [0.15, 0.2) is 15.0 Å². The second kappa shape index (κ2) is 6.95. The Morgan fingerprint density at radius 1 is 1.15 bits per heavy atom. The Balaban J connectivity index is 1.65. The Morgan fingerprint density at radius 3 is 2.67 bits per heavy atom. The molecule has 0 bridgehead atoms. The lowest BCUT2D eigenvalue weighted by Gasteiger charge is -2.27. The summed E-state index contributed by atoms with van der Waals surface area (Å²) in [5.74, 6) is 0.420. The molecule has 1 fully saturated rings. The highest BCUT2D eigenvalue weighted by Crippen LogP contribution is 2.36. The molecule has 2 aliphatic heterocycles. The number of sulfone groups is 1. The van der Waals surface area contributed by atoms with Crippen molar-refractivity contribution in [1.82, 2.24) is 0 Å². The summed E-state index contributed by atoms with van der Waals surface area (Å²) < 4.78 is 38.2. The monoisotopic (exact) mass is 404 g/mol. The predicted octanol–water partition coefficient (Wildman–Crippen LogP) is 3.72. The maximum atomic E-state index is 14.0. The molecule has 0 spiro atoms. The summed E-state index contributed by atoms with van der Waals surface area (Å²) in [7, 11) is -3.08. The second-order valence-electron chi connectivity index (χ2n) is 7.14. The van der Waals surface area contributed by atoms with Crippen molar-refractivity contribution in [3.8, 4) is 0 Å². The molecule has 2 aromatic carbocycles. The van der Waals surface area contributed by atoms with Crippen LogP contribution >= 0.6 is 11.8 Å². The average molecular weight is 405 g/mol. The van der Waals surface area contributed by atoms with Crippen LogP contribution in [0.4, 0.5) is 10.1 Å². The van der Waals surface area contributed by atoms with Gasteiger partial charge in [-0.3, -0.25) is 4.99 Å². The van der Waals surface area contributed by atoms with E-state index in [2.05, 4.69) is 6.07 Å². The van der Waals surface area contributed by atoms with Gasteiger partial charge in [-0.25, -0.2) is 12.8 Å². The zero-order valence-electron chi connectivity index (χ0n) is 15.2. The van der Waals surface area contributed by atoms with Crippen molar-refractivity contribution in [2.75, 3.05) is 16.4 Å². The van der Waals surface area contributed by atoms with Crippen LogP contribution < -0.4 is 4.90 Å². The molecular weight excluding hydrogens is 383 g/mol. The normalized spacial score (nSPS) is 23.4. The zero-order chi connectivity index (χ0) is 19.2. The number of thioether (sulfide) groups is 1. The van der Waals surface area contributed by atoms with E-state index in [1.54, 1.807) is 12.1 Å². The van der Waals surface area contributed by atoms with E-state index in [1.807, 2.05) is 36.9 Å². The molecule has 4 rings (SSSR count). The molecule has 0 unspecified atom stereocenters. The molecule has 142 valence electrons. The lowest BCUT2D eigenvalue weighted by Crippen LogP contribution is -2.39. The fourth-order valence-electron chi connectivity index (χ4n) is 3.57. The third-order valence-corrected chi connectivity index (χ3v) is 7.91. The first-order chi connectivity index (χ1) is 12.8. The fourth-order valence-corrected chi connectivity index (χ4v) is 6.52. The first kappa shape index (κ1) is 18.5. The summed E-state index contributed by atoms with van der Waals surface area (Å²) in [6.45, 7) is 4.09. The summed E-state index contributed by atoms with van der Waals surface area (Å²) in [5, 5.41) is 0.770. The predicted molar refractivity (Wildman–Crippen MR) is 110 cm³/mol. The van der Waals surface area contributed by atoms with Crippen LogP contribution in [0.3, 0.4) is 0 Å². The van der Waals surface area contributed by atoms with Gasteiger partial charge in [-0.15, -0.1) is 0 Å². The minimum atomic E-state index is -3.08. The second-order valence-corrected chi connectivity index (χ2v) is 10.2. The standard InChI is InChI=1S/C20H21FN2O2S2/c1-13-7-8-16(9-14(13)2)23-19-12-27(24,25)11-18(19)22-20(23)26-10-15-5-3-4-6-17(15)21/h3-9,18-19H,10-12H2,1-2H3/t18-,19+/m0/s1. The van der Waals surface area contributed by atoms with Gasteiger partial charge >= 0.3 is 0 Å². The van der Waals surface area contributed by atoms with Crippen molar-refractivity contribution >= 4 is 32.5 Å². The topological polar surface area (TPSA) is 49.7 Å². The number of aryl methyl sites for hydroxylation is 2. The van der Waals surface area contributed by atoms with Crippen molar-refractivity contribution in [2.45, 2.75) is 31.7 Å². The molecule has 2 heterocycles. The number of benzene rings is 2. The van der Waals surface area contributed by atoms with Gasteiger partial charge in [-0.2, -0.15) is 0 Å². The number of rotatable bonds is 3. The third-order valence-electron chi connectivity index (χ3n) is 5.19. The Hall–Kier alpha value is -1.86. The molecule has 0 amide bonds. The van der Waals surface area contributed by atoms with Crippen LogP contribution in [-0.2, 0) is 15.6 Å². The highest BCUT2D eigenvalue weighted by Gasteiger charge is 2.47. The van der Waals surface area contributed by atoms with Crippen molar-refractivity contribution in [2.24, 2.45) is 4.99 Å². The van der Waals surface area contributed by atoms with Crippen LogP contribution in [0.1, 0.15) is 16.7 Å². The number of fused-ring (bicyclic) bond motifs is 1. The molecular formula is C20H21FN2O2S2. The Bertz CT molecular complexity index is 1020. The molecule has 0 radical (unpaired) electrons. The number of hydrogen-bond acceptors (Lipinski definition) is 5. The lowest BCUT2D eigenvalue weighted by molar-refractivity contribution is 0.601. The Kier molecular flexibility index (Phi) is 4.76. The molecule has 1 saturated heterocycles. The highest BCUT2D eigenvalue weighted by atomic mass is 32.2. The summed E-state index contributed by atoms with van der Waals surface area (Å²) in [6, 6.07) is 12.4. The minimum absolute atomic E-state index is 0.0861. The van der Waals surface area contributed by atoms with Gasteiger partial charge in [0.05, 0.1) is 23.6 Å². The summed E-state index contributed by atoms with van der Waals surface area (Å²) >= 11 is 1.46. The van der Waals surface area contributed by atoms with E-state index >= 15 is 0 Å². The molecule has 0 saturated carbocycles. The first-order valence-electron chi connectivity index (χ1n) is 8.85. The van der Waals surface area contributed by atoms with E-state index in [0.29, 0.717) is 11.3 Å². The van der Waals surface area contributed by atoms with Crippen molar-refractivity contribution in [1.29, 1.82) is 0 Å². The summed E-state index contributed by atoms with van der Waals surface area (Å²) in [4.78, 5) is 6.74. The molecule has 0 aliphatic carbocycles. The van der Waals surface area contributed by atoms with E-state index in [-0.39, 0.29) is 29.4 Å². The van der Waals surface area contributed by atoms with E-state index in [0.717, 1.165) is 16.4 Å². The van der Waals surface area contributed by atoms with Gasteiger partial charge in [-0.05, 0) is 48.7 Å². The average Bonchev–Trinajstić information content (AvgIpc) is 3.08. The SMILES string of the molecule is Cc1ccc(N2C(SCc3ccccc3F)=N[C@H]3CS(=O)(=O)C[C@H]32)cc1C. The molecule has 0 aromatic heterocycles. The number of halogens is 1. The van der Waals surface area contributed by atoms with Crippen molar-refractivity contribution in [3.63, 3.8) is 0 Å². The van der Waals surface area contributed by atoms with E-state index in [1.165, 1.54) is 23.4 Å². The molecule has 7 heteroatoms. The summed E-state index contributed by atoms with van der Waals surface area (Å²) in [6.07, 6.45) is 0. The highest BCUT2D eigenvalue weighted by molar-refractivity contribution is 8.13. The van der Waals surface area contributed by atoms with Crippen LogP contribution in [0.5, 0.6) is 0 Å². The maximum absolute atomic E-state index is 14.0. The van der Waals surface area contributed by atoms with Crippen LogP contribution in [-0.4, -0.2) is 37.2 Å². The van der Waals surface area contributed by atoms with Crippen LogP contribution in [0.25, 0.3) is 0 Å². The van der Waals surface area contributed by atoms with E-state index < -0.39 is 9.84 Å². The molecule has 2 aliphatic rings. The number of anilines is 1. The van der Waals surface area contributed by atoms with Crippen molar-refractivity contribution in [3.05, 3.63) is 65.0 Å². The molecule has 2 atom stereocenters. The Labute approximate surface area is 163 Å². The molecule has 27 heavy (non-hydrogen) atoms. The van der Waals surface area contributed by atoms with Crippen LogP contribution in [0.15, 0.2) is 47.5 Å². The van der Waals surface area contributed by atoms with Crippen LogP contribution in [0.2, 0.25) is 0 Å². The van der Waals surface area contributed by atoms with Crippen molar-refractivity contribution < 1.29 is 12.8 Å². The van der Waals surface area contributed by atoms with Gasteiger partial charge in [0, 0.05) is 11.4 Å². The van der Waals surface area contributed by atoms with E-state index in [9.17, 15) is 12.8 Å². The zero-order valence-corrected chi connectivity index (χ0v) is 16.9. The van der Waals surface area contributed by atoms with Gasteiger partial charge in [0.1, 0.15) is 5.82 Å². The quantitative estimate of drug-likeness (QED) is 0.782. The molecule has 0 N–H and O–H groups in total. The molecule has 2 aromatic rings.